The van der Waals surface area contributed by atoms with Crippen LogP contribution in [0.2, 0.25) is 0 Å². The van der Waals surface area contributed by atoms with Crippen molar-refractivity contribution in [2.24, 2.45) is 11.3 Å². The van der Waals surface area contributed by atoms with Gasteiger partial charge in [0, 0.05) is 18.0 Å². The first-order valence-electron chi connectivity index (χ1n) is 12.3. The van der Waals surface area contributed by atoms with Gasteiger partial charge in [0.2, 0.25) is 11.8 Å². The number of likely N-dealkylation sites (N-methyl/N-ethyl adjacent to an activating group) is 2. The molecule has 7 nitrogen and oxygen atoms in total. The Kier molecular flexibility index (Phi) is 10.7. The number of carboxylic acids is 1. The first kappa shape index (κ1) is 30.4. The summed E-state index contributed by atoms with van der Waals surface area (Å²) in [5.41, 5.74) is 0.103. The van der Waals surface area contributed by atoms with E-state index in [9.17, 15) is 19.5 Å². The number of carbonyl (C=O) groups excluding carboxylic acids is 2. The van der Waals surface area contributed by atoms with Crippen molar-refractivity contribution in [3.8, 4) is 0 Å². The van der Waals surface area contributed by atoms with Crippen LogP contribution in [-0.2, 0) is 19.8 Å². The molecule has 1 aromatic rings. The second-order valence-corrected chi connectivity index (χ2v) is 11.4. The fourth-order valence-corrected chi connectivity index (χ4v) is 4.28. The minimum atomic E-state index is -1.01. The van der Waals surface area contributed by atoms with Crippen molar-refractivity contribution in [3.63, 3.8) is 0 Å². The van der Waals surface area contributed by atoms with Crippen LogP contribution in [0.4, 0.5) is 0 Å². The van der Waals surface area contributed by atoms with E-state index in [2.05, 4.69) is 10.6 Å². The number of hydrogen-bond acceptors (Lipinski definition) is 4. The lowest BCUT2D eigenvalue weighted by Crippen LogP contribution is -2.61. The third-order valence-corrected chi connectivity index (χ3v) is 6.53. The summed E-state index contributed by atoms with van der Waals surface area (Å²) >= 11 is 0. The van der Waals surface area contributed by atoms with Gasteiger partial charge in [0.25, 0.3) is 0 Å². The maximum Gasteiger partial charge on any atom is 0.331 e. The van der Waals surface area contributed by atoms with E-state index in [4.69, 9.17) is 0 Å². The molecule has 3 atom stereocenters. The number of amides is 2. The zero-order valence-electron chi connectivity index (χ0n) is 23.1. The molecule has 0 bridgehead atoms. The van der Waals surface area contributed by atoms with Gasteiger partial charge in [-0.05, 0) is 37.3 Å². The highest BCUT2D eigenvalue weighted by Gasteiger charge is 2.41. The summed E-state index contributed by atoms with van der Waals surface area (Å²) in [6.45, 7) is 15.3. The Morgan fingerprint density at radius 2 is 1.57 bits per heavy atom. The fraction of sp³-hybridized carbons (Fsp3) is 0.607. The molecule has 0 aromatic heterocycles. The minimum absolute atomic E-state index is 0.187. The third-order valence-electron chi connectivity index (χ3n) is 6.53. The summed E-state index contributed by atoms with van der Waals surface area (Å²) < 4.78 is 0. The number of carboxylic acid groups (broad SMARTS) is 1. The molecule has 0 aliphatic heterocycles. The summed E-state index contributed by atoms with van der Waals surface area (Å²) in [5, 5.41) is 15.5. The first-order chi connectivity index (χ1) is 16.0. The average Bonchev–Trinajstić information content (AvgIpc) is 2.75. The van der Waals surface area contributed by atoms with Gasteiger partial charge in [0.05, 0.1) is 12.1 Å². The summed E-state index contributed by atoms with van der Waals surface area (Å²) in [6, 6.07) is 8.04. The maximum absolute atomic E-state index is 13.7. The SMILES string of the molecule is CN[C@H](C(=O)N[C@H](C(=O)N(C)[C@H](/C=C(\C)C(=O)O)CC(C)C)C(C)(C)C)C(C)(C)c1ccccc1. The molecule has 0 spiro atoms. The topological polar surface area (TPSA) is 98.7 Å². The van der Waals surface area contributed by atoms with Gasteiger partial charge in [-0.25, -0.2) is 4.79 Å². The van der Waals surface area contributed by atoms with Crippen molar-refractivity contribution >= 4 is 17.8 Å². The Labute approximate surface area is 211 Å². The third kappa shape index (κ3) is 8.20. The number of hydrogen-bond donors (Lipinski definition) is 3. The molecule has 0 radical (unpaired) electrons. The molecule has 3 N–H and O–H groups in total. The Bertz CT molecular complexity index is 901. The molecule has 0 saturated heterocycles. The zero-order chi connectivity index (χ0) is 27.1. The van der Waals surface area contributed by atoms with Gasteiger partial charge in [0.15, 0.2) is 0 Å². The van der Waals surface area contributed by atoms with Crippen molar-refractivity contribution in [2.75, 3.05) is 14.1 Å². The standard InChI is InChI=1S/C28H45N3O4/c1-18(2)16-21(17-19(3)26(34)35)31(10)25(33)23(27(4,5)6)30-24(32)22(29-9)28(7,8)20-14-12-11-13-15-20/h11-15,17-18,21-23,29H,16H2,1-10H3,(H,30,32)(H,34,35)/b19-17+/t21-,22+,23+/m0/s1. The Hall–Kier alpha value is -2.67. The number of rotatable bonds is 11. The van der Waals surface area contributed by atoms with E-state index in [1.807, 2.05) is 78.8 Å². The van der Waals surface area contributed by atoms with Crippen molar-refractivity contribution in [1.29, 1.82) is 0 Å². The minimum Gasteiger partial charge on any atom is -0.478 e. The van der Waals surface area contributed by atoms with E-state index < -0.39 is 34.9 Å². The van der Waals surface area contributed by atoms with Gasteiger partial charge in [0.1, 0.15) is 6.04 Å². The first-order valence-corrected chi connectivity index (χ1v) is 12.3. The van der Waals surface area contributed by atoms with E-state index in [-0.39, 0.29) is 23.3 Å². The zero-order valence-corrected chi connectivity index (χ0v) is 23.1. The molecule has 0 aliphatic rings. The smallest absolute Gasteiger partial charge is 0.331 e. The van der Waals surface area contributed by atoms with Crippen molar-refractivity contribution in [1.82, 2.24) is 15.5 Å². The highest BCUT2D eigenvalue weighted by atomic mass is 16.4. The van der Waals surface area contributed by atoms with Crippen molar-refractivity contribution in [2.45, 2.75) is 85.4 Å². The molecule has 0 saturated carbocycles. The van der Waals surface area contributed by atoms with Crippen molar-refractivity contribution < 1.29 is 19.5 Å². The molecule has 0 fully saturated rings. The number of benzene rings is 1. The van der Waals surface area contributed by atoms with Crippen molar-refractivity contribution in [3.05, 3.63) is 47.5 Å². The van der Waals surface area contributed by atoms with Crippen LogP contribution < -0.4 is 10.6 Å². The molecule has 7 heteroatoms. The van der Waals surface area contributed by atoms with Gasteiger partial charge in [-0.15, -0.1) is 0 Å². The van der Waals surface area contributed by atoms with Crippen LogP contribution in [0.25, 0.3) is 0 Å². The Morgan fingerprint density at radius 3 is 2.00 bits per heavy atom. The molecular formula is C28H45N3O4. The van der Waals surface area contributed by atoms with E-state index in [1.165, 1.54) is 6.92 Å². The van der Waals surface area contributed by atoms with Crippen LogP contribution in [0.15, 0.2) is 42.0 Å². The van der Waals surface area contributed by atoms with Gasteiger partial charge in [-0.1, -0.05) is 84.9 Å². The predicted octanol–water partition coefficient (Wildman–Crippen LogP) is 3.99. The number of nitrogens with zero attached hydrogens (tertiary/aromatic N) is 1. The number of nitrogens with one attached hydrogen (secondary N) is 2. The molecule has 1 rings (SSSR count). The molecule has 35 heavy (non-hydrogen) atoms. The van der Waals surface area contributed by atoms with E-state index in [0.717, 1.165) is 5.56 Å². The van der Waals surface area contributed by atoms with Crippen LogP contribution in [0.1, 0.15) is 67.4 Å². The molecule has 196 valence electrons. The van der Waals surface area contributed by atoms with Gasteiger partial charge >= 0.3 is 5.97 Å². The van der Waals surface area contributed by atoms with Crippen LogP contribution >= 0.6 is 0 Å². The summed E-state index contributed by atoms with van der Waals surface area (Å²) in [6.07, 6.45) is 2.23. The average molecular weight is 488 g/mol. The van der Waals surface area contributed by atoms with Crippen LogP contribution in [0.3, 0.4) is 0 Å². The van der Waals surface area contributed by atoms with E-state index in [1.54, 1.807) is 25.1 Å². The Morgan fingerprint density at radius 1 is 1.03 bits per heavy atom. The summed E-state index contributed by atoms with van der Waals surface area (Å²) in [7, 11) is 3.42. The molecule has 1 aromatic carbocycles. The lowest BCUT2D eigenvalue weighted by Gasteiger charge is -2.39. The lowest BCUT2D eigenvalue weighted by atomic mass is 9.76. The largest absolute Gasteiger partial charge is 0.478 e. The molecule has 0 unspecified atom stereocenters. The molecule has 0 aliphatic carbocycles. The van der Waals surface area contributed by atoms with E-state index >= 15 is 0 Å². The van der Waals surface area contributed by atoms with Crippen LogP contribution in [-0.4, -0.2) is 60.0 Å². The number of carbonyl (C=O) groups is 3. The normalized spacial score (nSPS) is 15.3. The molecule has 0 heterocycles. The molecule has 2 amide bonds. The second-order valence-electron chi connectivity index (χ2n) is 11.4. The van der Waals surface area contributed by atoms with Crippen LogP contribution in [0, 0.1) is 11.3 Å². The maximum atomic E-state index is 13.7. The highest BCUT2D eigenvalue weighted by Crippen LogP contribution is 2.29. The predicted molar refractivity (Wildman–Crippen MR) is 141 cm³/mol. The highest BCUT2D eigenvalue weighted by molar-refractivity contribution is 5.91. The number of aliphatic carboxylic acids is 1. The summed E-state index contributed by atoms with van der Waals surface area (Å²) in [4.78, 5) is 40.3. The monoisotopic (exact) mass is 487 g/mol. The fourth-order valence-electron chi connectivity index (χ4n) is 4.28. The quantitative estimate of drug-likeness (QED) is 0.410. The van der Waals surface area contributed by atoms with Crippen LogP contribution in [0.5, 0.6) is 0 Å². The second kappa shape index (κ2) is 12.3. The lowest BCUT2D eigenvalue weighted by molar-refractivity contribution is -0.140. The summed E-state index contributed by atoms with van der Waals surface area (Å²) in [5.74, 6) is -1.28. The van der Waals surface area contributed by atoms with E-state index in [0.29, 0.717) is 6.42 Å². The van der Waals surface area contributed by atoms with Gasteiger partial charge in [-0.2, -0.15) is 0 Å². The van der Waals surface area contributed by atoms with Gasteiger partial charge in [-0.3, -0.25) is 9.59 Å². The Balaban J connectivity index is 3.30. The molecular weight excluding hydrogens is 442 g/mol. The van der Waals surface area contributed by atoms with Gasteiger partial charge < -0.3 is 20.6 Å².